The summed E-state index contributed by atoms with van der Waals surface area (Å²) in [6.07, 6.45) is 5.86. The first-order valence-electron chi connectivity index (χ1n) is 4.84. The van der Waals surface area contributed by atoms with Gasteiger partial charge in [0.2, 0.25) is 0 Å². The number of aliphatic hydroxyl groups excluding tert-OH is 1. The normalized spacial score (nSPS) is 10.1. The second-order valence-electron chi connectivity index (χ2n) is 3.22. The smallest absolute Gasteiger partial charge is 0.133 e. The number of pyridine rings is 1. The molecule has 3 heteroatoms. The molecular formula is C11H15NO2. The second-order valence-corrected chi connectivity index (χ2v) is 3.22. The van der Waals surface area contributed by atoms with Crippen LogP contribution in [-0.2, 0) is 11.2 Å². The van der Waals surface area contributed by atoms with Crippen LogP contribution >= 0.6 is 0 Å². The van der Waals surface area contributed by atoms with Crippen LogP contribution in [0.25, 0.3) is 0 Å². The number of nitrogens with zero attached hydrogens (tertiary/aromatic N) is 1. The summed E-state index contributed by atoms with van der Waals surface area (Å²) in [4.78, 5) is 15.2. The average molecular weight is 193 g/mol. The van der Waals surface area contributed by atoms with Crippen molar-refractivity contribution in [2.45, 2.75) is 25.7 Å². The van der Waals surface area contributed by atoms with E-state index in [0.29, 0.717) is 19.3 Å². The number of ketones is 1. The number of carbonyl (C=O) groups excluding carboxylic acids is 1. The van der Waals surface area contributed by atoms with Gasteiger partial charge in [-0.3, -0.25) is 9.78 Å². The number of aliphatic hydroxyl groups is 1. The molecule has 0 fully saturated rings. The number of aromatic nitrogens is 1. The van der Waals surface area contributed by atoms with Gasteiger partial charge in [-0.05, 0) is 30.5 Å². The summed E-state index contributed by atoms with van der Waals surface area (Å²) >= 11 is 0. The summed E-state index contributed by atoms with van der Waals surface area (Å²) in [6, 6.07) is 3.83. The Morgan fingerprint density at radius 2 is 2.00 bits per heavy atom. The van der Waals surface area contributed by atoms with Crippen LogP contribution in [0.1, 0.15) is 24.8 Å². The molecule has 0 amide bonds. The van der Waals surface area contributed by atoms with Crippen molar-refractivity contribution < 1.29 is 9.90 Å². The monoisotopic (exact) mass is 193 g/mol. The summed E-state index contributed by atoms with van der Waals surface area (Å²) in [5, 5.41) is 8.54. The van der Waals surface area contributed by atoms with Crippen LogP contribution in [0, 0.1) is 0 Å². The topological polar surface area (TPSA) is 50.2 Å². The SMILES string of the molecule is O=C(CCCO)CCc1ccncc1. The molecule has 0 aliphatic carbocycles. The minimum Gasteiger partial charge on any atom is -0.396 e. The third-order valence-electron chi connectivity index (χ3n) is 2.06. The van der Waals surface area contributed by atoms with Gasteiger partial charge in [0.25, 0.3) is 0 Å². The Morgan fingerprint density at radius 1 is 1.29 bits per heavy atom. The number of Topliss-reactive ketones (excluding diaryl/α,β-unsaturated/α-hetero) is 1. The molecule has 0 aliphatic rings. The first-order valence-corrected chi connectivity index (χ1v) is 4.84. The predicted octanol–water partition coefficient (Wildman–Crippen LogP) is 1.36. The van der Waals surface area contributed by atoms with E-state index in [-0.39, 0.29) is 12.4 Å². The minimum absolute atomic E-state index is 0.0982. The fourth-order valence-corrected chi connectivity index (χ4v) is 1.23. The van der Waals surface area contributed by atoms with E-state index in [1.165, 1.54) is 0 Å². The largest absolute Gasteiger partial charge is 0.396 e. The average Bonchev–Trinajstić information content (AvgIpc) is 2.25. The van der Waals surface area contributed by atoms with Gasteiger partial charge in [0, 0.05) is 31.8 Å². The van der Waals surface area contributed by atoms with Gasteiger partial charge in [0.05, 0.1) is 0 Å². The lowest BCUT2D eigenvalue weighted by molar-refractivity contribution is -0.119. The molecule has 0 radical (unpaired) electrons. The highest BCUT2D eigenvalue weighted by Crippen LogP contribution is 2.03. The lowest BCUT2D eigenvalue weighted by Crippen LogP contribution is -2.01. The minimum atomic E-state index is 0.0982. The van der Waals surface area contributed by atoms with Crippen LogP contribution in [0.5, 0.6) is 0 Å². The summed E-state index contributed by atoms with van der Waals surface area (Å²) in [6.45, 7) is 0.0982. The highest BCUT2D eigenvalue weighted by atomic mass is 16.3. The van der Waals surface area contributed by atoms with Gasteiger partial charge in [-0.2, -0.15) is 0 Å². The molecule has 0 spiro atoms. The zero-order valence-corrected chi connectivity index (χ0v) is 8.15. The third-order valence-corrected chi connectivity index (χ3v) is 2.06. The van der Waals surface area contributed by atoms with E-state index in [9.17, 15) is 4.79 Å². The number of hydrogen-bond acceptors (Lipinski definition) is 3. The fraction of sp³-hybridized carbons (Fsp3) is 0.455. The van der Waals surface area contributed by atoms with Gasteiger partial charge in [0.1, 0.15) is 5.78 Å². The Bertz CT molecular complexity index is 272. The van der Waals surface area contributed by atoms with Gasteiger partial charge in [0.15, 0.2) is 0 Å². The molecule has 1 rings (SSSR count). The molecule has 14 heavy (non-hydrogen) atoms. The molecule has 1 N–H and O–H groups in total. The molecule has 0 bridgehead atoms. The molecule has 1 heterocycles. The quantitative estimate of drug-likeness (QED) is 0.742. The predicted molar refractivity (Wildman–Crippen MR) is 53.9 cm³/mol. The Labute approximate surface area is 83.8 Å². The van der Waals surface area contributed by atoms with E-state index < -0.39 is 0 Å². The maximum absolute atomic E-state index is 11.2. The summed E-state index contributed by atoms with van der Waals surface area (Å²) in [7, 11) is 0. The fourth-order valence-electron chi connectivity index (χ4n) is 1.23. The van der Waals surface area contributed by atoms with Crippen molar-refractivity contribution in [3.8, 4) is 0 Å². The van der Waals surface area contributed by atoms with E-state index in [2.05, 4.69) is 4.98 Å². The maximum Gasteiger partial charge on any atom is 0.133 e. The van der Waals surface area contributed by atoms with Gasteiger partial charge in [-0.1, -0.05) is 0 Å². The molecule has 3 nitrogen and oxygen atoms in total. The molecule has 1 aromatic heterocycles. The number of carbonyl (C=O) groups is 1. The van der Waals surface area contributed by atoms with Gasteiger partial charge < -0.3 is 5.11 Å². The van der Waals surface area contributed by atoms with Crippen molar-refractivity contribution in [1.82, 2.24) is 4.98 Å². The lowest BCUT2D eigenvalue weighted by atomic mass is 10.1. The van der Waals surface area contributed by atoms with Crippen molar-refractivity contribution in [3.05, 3.63) is 30.1 Å². The number of hydrogen-bond donors (Lipinski definition) is 1. The Morgan fingerprint density at radius 3 is 2.64 bits per heavy atom. The maximum atomic E-state index is 11.2. The molecule has 0 unspecified atom stereocenters. The number of aryl methyl sites for hydroxylation is 1. The standard InChI is InChI=1S/C11H15NO2/c13-9-1-2-11(14)4-3-10-5-7-12-8-6-10/h5-8,13H,1-4,9H2. The highest BCUT2D eigenvalue weighted by Gasteiger charge is 2.01. The van der Waals surface area contributed by atoms with Crippen molar-refractivity contribution in [1.29, 1.82) is 0 Å². The molecule has 1 aromatic rings. The zero-order chi connectivity index (χ0) is 10.2. The third kappa shape index (κ3) is 4.14. The molecule has 76 valence electrons. The summed E-state index contributed by atoms with van der Waals surface area (Å²) in [5.41, 5.74) is 1.14. The van der Waals surface area contributed by atoms with E-state index in [0.717, 1.165) is 12.0 Å². The van der Waals surface area contributed by atoms with Crippen molar-refractivity contribution in [2.75, 3.05) is 6.61 Å². The molecule has 0 atom stereocenters. The van der Waals surface area contributed by atoms with Crippen molar-refractivity contribution in [2.24, 2.45) is 0 Å². The Balaban J connectivity index is 2.24. The van der Waals surface area contributed by atoms with E-state index in [1.54, 1.807) is 12.4 Å². The first-order chi connectivity index (χ1) is 6.83. The van der Waals surface area contributed by atoms with Gasteiger partial charge >= 0.3 is 0 Å². The molecule has 0 saturated heterocycles. The molecular weight excluding hydrogens is 178 g/mol. The first kappa shape index (κ1) is 10.9. The van der Waals surface area contributed by atoms with Gasteiger partial charge in [-0.15, -0.1) is 0 Å². The molecule has 0 aliphatic heterocycles. The van der Waals surface area contributed by atoms with E-state index in [4.69, 9.17) is 5.11 Å². The van der Waals surface area contributed by atoms with Crippen molar-refractivity contribution in [3.63, 3.8) is 0 Å². The highest BCUT2D eigenvalue weighted by molar-refractivity contribution is 5.78. The summed E-state index contributed by atoms with van der Waals surface area (Å²) < 4.78 is 0. The van der Waals surface area contributed by atoms with Crippen LogP contribution in [0.3, 0.4) is 0 Å². The van der Waals surface area contributed by atoms with E-state index in [1.807, 2.05) is 12.1 Å². The van der Waals surface area contributed by atoms with Crippen LogP contribution < -0.4 is 0 Å². The zero-order valence-electron chi connectivity index (χ0n) is 8.15. The van der Waals surface area contributed by atoms with E-state index >= 15 is 0 Å². The second kappa shape index (κ2) is 6.27. The van der Waals surface area contributed by atoms with Crippen LogP contribution in [0.2, 0.25) is 0 Å². The van der Waals surface area contributed by atoms with Crippen LogP contribution in [0.15, 0.2) is 24.5 Å². The van der Waals surface area contributed by atoms with Crippen molar-refractivity contribution >= 4 is 5.78 Å². The summed E-state index contributed by atoms with van der Waals surface area (Å²) in [5.74, 6) is 0.218. The van der Waals surface area contributed by atoms with Crippen LogP contribution in [0.4, 0.5) is 0 Å². The Kier molecular flexibility index (Phi) is 4.86. The Hall–Kier alpha value is -1.22. The molecule has 0 aromatic carbocycles. The molecule has 0 saturated carbocycles. The lowest BCUT2D eigenvalue weighted by Gasteiger charge is -1.99. The van der Waals surface area contributed by atoms with Crippen LogP contribution in [-0.4, -0.2) is 22.5 Å². The number of rotatable bonds is 6. The van der Waals surface area contributed by atoms with Gasteiger partial charge in [-0.25, -0.2) is 0 Å².